The number of nitrogens with one attached hydrogen (secondary N) is 2. The van der Waals surface area contributed by atoms with E-state index in [0.717, 1.165) is 16.1 Å². The second-order valence-corrected chi connectivity index (χ2v) is 8.27. The van der Waals surface area contributed by atoms with Crippen molar-refractivity contribution in [3.05, 3.63) is 66.2 Å². The number of aliphatic carboxylic acids is 1. The van der Waals surface area contributed by atoms with Gasteiger partial charge in [0.1, 0.15) is 0 Å². The third-order valence-electron chi connectivity index (χ3n) is 4.86. The average molecular weight is 425 g/mol. The molecule has 6 nitrogen and oxygen atoms in total. The normalized spacial score (nSPS) is 17.9. The minimum absolute atomic E-state index is 0.113. The molecule has 0 spiro atoms. The summed E-state index contributed by atoms with van der Waals surface area (Å²) in [5.41, 5.74) is 2.42. The van der Waals surface area contributed by atoms with Gasteiger partial charge in [-0.1, -0.05) is 30.4 Å². The Labute approximate surface area is 179 Å². The Morgan fingerprint density at radius 1 is 0.967 bits per heavy atom. The number of benzene rings is 2. The van der Waals surface area contributed by atoms with Gasteiger partial charge in [0, 0.05) is 16.3 Å². The Balaban J connectivity index is 1.56. The van der Waals surface area contributed by atoms with Crippen LogP contribution in [0.5, 0.6) is 0 Å². The summed E-state index contributed by atoms with van der Waals surface area (Å²) in [5, 5.41) is 15.0. The fourth-order valence-electron chi connectivity index (χ4n) is 3.34. The molecule has 7 heteroatoms. The lowest BCUT2D eigenvalue weighted by molar-refractivity contribution is -0.146. The second-order valence-electron chi connectivity index (χ2n) is 7.22. The molecule has 0 bridgehead atoms. The van der Waals surface area contributed by atoms with E-state index in [-0.39, 0.29) is 17.6 Å². The van der Waals surface area contributed by atoms with Gasteiger partial charge in [-0.05, 0) is 55.7 Å². The van der Waals surface area contributed by atoms with E-state index in [1.54, 1.807) is 18.2 Å². The summed E-state index contributed by atoms with van der Waals surface area (Å²) in [5.74, 6) is -2.44. The summed E-state index contributed by atoms with van der Waals surface area (Å²) >= 11 is 1.37. The Hall–Kier alpha value is -3.06. The number of hydrogen-bond acceptors (Lipinski definition) is 4. The van der Waals surface area contributed by atoms with Crippen molar-refractivity contribution >= 4 is 40.9 Å². The number of carbonyl (C=O) groups is 3. The van der Waals surface area contributed by atoms with Crippen molar-refractivity contribution in [1.29, 1.82) is 0 Å². The first-order valence-corrected chi connectivity index (χ1v) is 10.7. The van der Waals surface area contributed by atoms with Crippen LogP contribution in [-0.4, -0.2) is 28.6 Å². The van der Waals surface area contributed by atoms with Crippen LogP contribution in [0.3, 0.4) is 0 Å². The van der Waals surface area contributed by atoms with E-state index in [1.807, 2.05) is 49.4 Å². The van der Waals surface area contributed by atoms with Crippen molar-refractivity contribution in [3.63, 3.8) is 0 Å². The largest absolute Gasteiger partial charge is 0.481 e. The maximum Gasteiger partial charge on any atom is 0.307 e. The van der Waals surface area contributed by atoms with Gasteiger partial charge in [0.05, 0.1) is 17.6 Å². The molecule has 0 aromatic heterocycles. The van der Waals surface area contributed by atoms with Crippen molar-refractivity contribution in [2.24, 2.45) is 11.8 Å². The summed E-state index contributed by atoms with van der Waals surface area (Å²) in [4.78, 5) is 37.1. The minimum atomic E-state index is -0.955. The summed E-state index contributed by atoms with van der Waals surface area (Å²) in [6.45, 7) is 1.96. The number of hydrogen-bond donors (Lipinski definition) is 3. The Morgan fingerprint density at radius 3 is 2.33 bits per heavy atom. The summed E-state index contributed by atoms with van der Waals surface area (Å²) in [6, 6.07) is 14.8. The van der Waals surface area contributed by atoms with Gasteiger partial charge in [0.15, 0.2) is 0 Å². The number of carboxylic acids is 1. The highest BCUT2D eigenvalue weighted by atomic mass is 32.2. The number of carbonyl (C=O) groups excluding carboxylic acids is 2. The summed E-state index contributed by atoms with van der Waals surface area (Å²) in [7, 11) is 0. The number of rotatable bonds is 7. The Morgan fingerprint density at radius 2 is 1.63 bits per heavy atom. The predicted molar refractivity (Wildman–Crippen MR) is 119 cm³/mol. The van der Waals surface area contributed by atoms with Crippen LogP contribution in [0.4, 0.5) is 11.4 Å². The molecule has 2 aromatic rings. The van der Waals surface area contributed by atoms with Gasteiger partial charge in [-0.3, -0.25) is 14.4 Å². The first-order chi connectivity index (χ1) is 14.4. The molecule has 2 amide bonds. The van der Waals surface area contributed by atoms with Crippen molar-refractivity contribution < 1.29 is 19.5 Å². The van der Waals surface area contributed by atoms with Crippen LogP contribution in [0.1, 0.15) is 18.4 Å². The first-order valence-electron chi connectivity index (χ1n) is 9.70. The standard InChI is InChI=1S/C23H24N2O4S/c1-15-6-4-7-16(12-15)24-21(26)14-30-18-9-5-8-17(13-18)25-22(27)19-10-2-3-11-20(19)23(28)29/h2-9,12-13,19-20H,10-11,14H2,1H3,(H,24,26)(H,25,27)(H,28,29). The molecule has 30 heavy (non-hydrogen) atoms. The number of allylic oxidation sites excluding steroid dienone is 2. The van der Waals surface area contributed by atoms with Crippen LogP contribution in [0.25, 0.3) is 0 Å². The second kappa shape index (κ2) is 10.1. The molecule has 156 valence electrons. The van der Waals surface area contributed by atoms with Gasteiger partial charge in [-0.25, -0.2) is 0 Å². The lowest BCUT2D eigenvalue weighted by Crippen LogP contribution is -2.34. The monoisotopic (exact) mass is 424 g/mol. The molecule has 0 heterocycles. The van der Waals surface area contributed by atoms with Crippen molar-refractivity contribution in [2.45, 2.75) is 24.7 Å². The topological polar surface area (TPSA) is 95.5 Å². The van der Waals surface area contributed by atoms with Crippen molar-refractivity contribution in [2.75, 3.05) is 16.4 Å². The fourth-order valence-corrected chi connectivity index (χ4v) is 4.10. The van der Waals surface area contributed by atoms with Gasteiger partial charge < -0.3 is 15.7 Å². The summed E-state index contributed by atoms with van der Waals surface area (Å²) in [6.07, 6.45) is 4.43. The molecular formula is C23H24N2O4S. The quantitative estimate of drug-likeness (QED) is 0.454. The molecule has 0 saturated heterocycles. The van der Waals surface area contributed by atoms with Gasteiger partial charge in [0.2, 0.25) is 11.8 Å². The molecule has 2 aromatic carbocycles. The van der Waals surface area contributed by atoms with E-state index in [0.29, 0.717) is 18.5 Å². The highest BCUT2D eigenvalue weighted by Gasteiger charge is 2.33. The number of amides is 2. The van der Waals surface area contributed by atoms with Gasteiger partial charge in [0.25, 0.3) is 0 Å². The number of anilines is 2. The van der Waals surface area contributed by atoms with E-state index >= 15 is 0 Å². The van der Waals surface area contributed by atoms with E-state index in [1.165, 1.54) is 11.8 Å². The SMILES string of the molecule is Cc1cccc(NC(=O)CSc2cccc(NC(=O)C3CC=CCC3C(=O)O)c2)c1. The Bertz CT molecular complexity index is 973. The zero-order chi connectivity index (χ0) is 21.5. The molecular weight excluding hydrogens is 400 g/mol. The van der Waals surface area contributed by atoms with Crippen LogP contribution in [0, 0.1) is 18.8 Å². The van der Waals surface area contributed by atoms with Gasteiger partial charge in [-0.2, -0.15) is 0 Å². The van der Waals surface area contributed by atoms with Crippen molar-refractivity contribution in [1.82, 2.24) is 0 Å². The predicted octanol–water partition coefficient (Wildman–Crippen LogP) is 4.33. The molecule has 1 aliphatic rings. The molecule has 0 fully saturated rings. The third-order valence-corrected chi connectivity index (χ3v) is 5.85. The maximum absolute atomic E-state index is 12.6. The molecule has 0 saturated carbocycles. The molecule has 2 atom stereocenters. The molecule has 3 N–H and O–H groups in total. The lowest BCUT2D eigenvalue weighted by atomic mass is 9.82. The molecule has 1 aliphatic carbocycles. The smallest absolute Gasteiger partial charge is 0.307 e. The molecule has 2 unspecified atom stereocenters. The fraction of sp³-hybridized carbons (Fsp3) is 0.261. The highest BCUT2D eigenvalue weighted by molar-refractivity contribution is 8.00. The zero-order valence-electron chi connectivity index (χ0n) is 16.6. The zero-order valence-corrected chi connectivity index (χ0v) is 17.4. The maximum atomic E-state index is 12.6. The average Bonchev–Trinajstić information content (AvgIpc) is 2.72. The van der Waals surface area contributed by atoms with E-state index in [9.17, 15) is 19.5 Å². The lowest BCUT2D eigenvalue weighted by Gasteiger charge is -2.24. The van der Waals surface area contributed by atoms with E-state index in [2.05, 4.69) is 10.6 Å². The number of thioether (sulfide) groups is 1. The highest BCUT2D eigenvalue weighted by Crippen LogP contribution is 2.28. The minimum Gasteiger partial charge on any atom is -0.481 e. The van der Waals surface area contributed by atoms with Crippen LogP contribution in [-0.2, 0) is 14.4 Å². The summed E-state index contributed by atoms with van der Waals surface area (Å²) < 4.78 is 0. The van der Waals surface area contributed by atoms with Crippen LogP contribution < -0.4 is 10.6 Å². The third kappa shape index (κ3) is 5.97. The van der Waals surface area contributed by atoms with Gasteiger partial charge in [-0.15, -0.1) is 11.8 Å². The van der Waals surface area contributed by atoms with Crippen LogP contribution >= 0.6 is 11.8 Å². The van der Waals surface area contributed by atoms with E-state index in [4.69, 9.17) is 0 Å². The van der Waals surface area contributed by atoms with Crippen molar-refractivity contribution in [3.8, 4) is 0 Å². The first kappa shape index (κ1) is 21.6. The molecule has 3 rings (SSSR count). The molecule has 0 aliphatic heterocycles. The number of carboxylic acid groups (broad SMARTS) is 1. The van der Waals surface area contributed by atoms with Crippen LogP contribution in [0.15, 0.2) is 65.6 Å². The van der Waals surface area contributed by atoms with Gasteiger partial charge >= 0.3 is 5.97 Å². The van der Waals surface area contributed by atoms with E-state index < -0.39 is 17.8 Å². The molecule has 0 radical (unpaired) electrons. The Kier molecular flexibility index (Phi) is 7.30. The number of aryl methyl sites for hydroxylation is 1. The van der Waals surface area contributed by atoms with Crippen LogP contribution in [0.2, 0.25) is 0 Å².